The van der Waals surface area contributed by atoms with E-state index in [1.54, 1.807) is 0 Å². The summed E-state index contributed by atoms with van der Waals surface area (Å²) in [6, 6.07) is 9.25. The van der Waals surface area contributed by atoms with Gasteiger partial charge in [0.25, 0.3) is 0 Å². The maximum Gasteiger partial charge on any atom is 0.0109 e. The Kier molecular flexibility index (Phi) is 3.71. The monoisotopic (exact) mass is 221 g/mol. The van der Waals surface area contributed by atoms with Crippen molar-refractivity contribution in [2.45, 2.75) is 48.8 Å². The molecule has 15 heavy (non-hydrogen) atoms. The minimum absolute atomic E-state index is 0.432. The molecule has 0 spiro atoms. The van der Waals surface area contributed by atoms with Crippen LogP contribution in [0.2, 0.25) is 0 Å². The SMILES string of the molecule is Cc1ccc(SC2CCCC(N)C2)cc1. The molecule has 1 aromatic rings. The molecule has 1 nitrogen and oxygen atoms in total. The molecule has 82 valence electrons. The maximum absolute atomic E-state index is 5.99. The topological polar surface area (TPSA) is 26.0 Å². The third-order valence-electron chi connectivity index (χ3n) is 2.99. The molecule has 1 aliphatic carbocycles. The zero-order valence-electron chi connectivity index (χ0n) is 9.28. The molecule has 0 bridgehead atoms. The highest BCUT2D eigenvalue weighted by molar-refractivity contribution is 8.00. The first-order valence-electron chi connectivity index (χ1n) is 5.73. The smallest absolute Gasteiger partial charge is 0.0109 e. The number of nitrogens with two attached hydrogens (primary N) is 1. The number of aryl methyl sites for hydroxylation is 1. The van der Waals surface area contributed by atoms with Crippen molar-refractivity contribution in [2.24, 2.45) is 5.73 Å². The Morgan fingerprint density at radius 1 is 1.20 bits per heavy atom. The van der Waals surface area contributed by atoms with E-state index in [4.69, 9.17) is 5.73 Å². The predicted molar refractivity (Wildman–Crippen MR) is 67.3 cm³/mol. The third-order valence-corrected chi connectivity index (χ3v) is 4.30. The molecule has 2 atom stereocenters. The van der Waals surface area contributed by atoms with E-state index in [1.165, 1.54) is 36.1 Å². The Hall–Kier alpha value is -0.470. The van der Waals surface area contributed by atoms with Crippen LogP contribution < -0.4 is 5.73 Å². The average molecular weight is 221 g/mol. The summed E-state index contributed by atoms with van der Waals surface area (Å²) in [5.74, 6) is 0. The second kappa shape index (κ2) is 5.04. The van der Waals surface area contributed by atoms with E-state index in [-0.39, 0.29) is 0 Å². The molecule has 0 aliphatic heterocycles. The first-order valence-corrected chi connectivity index (χ1v) is 6.61. The van der Waals surface area contributed by atoms with Crippen molar-refractivity contribution in [3.63, 3.8) is 0 Å². The van der Waals surface area contributed by atoms with Crippen LogP contribution in [0.25, 0.3) is 0 Å². The highest BCUT2D eigenvalue weighted by Gasteiger charge is 2.19. The van der Waals surface area contributed by atoms with E-state index in [2.05, 4.69) is 31.2 Å². The summed E-state index contributed by atoms with van der Waals surface area (Å²) >= 11 is 2.00. The molecule has 1 aromatic carbocycles. The fraction of sp³-hybridized carbons (Fsp3) is 0.538. The van der Waals surface area contributed by atoms with E-state index in [1.807, 2.05) is 11.8 Å². The van der Waals surface area contributed by atoms with Gasteiger partial charge in [-0.05, 0) is 38.3 Å². The molecule has 2 heteroatoms. The van der Waals surface area contributed by atoms with Gasteiger partial charge in [0.05, 0.1) is 0 Å². The molecule has 0 heterocycles. The number of hydrogen-bond acceptors (Lipinski definition) is 2. The Morgan fingerprint density at radius 3 is 2.60 bits per heavy atom. The molecule has 0 amide bonds. The van der Waals surface area contributed by atoms with Crippen molar-refractivity contribution < 1.29 is 0 Å². The van der Waals surface area contributed by atoms with Crippen molar-refractivity contribution in [3.8, 4) is 0 Å². The van der Waals surface area contributed by atoms with Gasteiger partial charge in [-0.1, -0.05) is 24.1 Å². The summed E-state index contributed by atoms with van der Waals surface area (Å²) in [7, 11) is 0. The van der Waals surface area contributed by atoms with Crippen molar-refractivity contribution >= 4 is 11.8 Å². The van der Waals surface area contributed by atoms with E-state index in [0.29, 0.717) is 6.04 Å². The van der Waals surface area contributed by atoms with Crippen LogP contribution in [-0.4, -0.2) is 11.3 Å². The standard InChI is InChI=1S/C13H19NS/c1-10-5-7-12(8-6-10)15-13-4-2-3-11(14)9-13/h5-8,11,13H,2-4,9,14H2,1H3. The van der Waals surface area contributed by atoms with Gasteiger partial charge in [0.2, 0.25) is 0 Å². The van der Waals surface area contributed by atoms with Crippen LogP contribution in [0, 0.1) is 6.92 Å². The Morgan fingerprint density at radius 2 is 1.93 bits per heavy atom. The van der Waals surface area contributed by atoms with Gasteiger partial charge in [0.1, 0.15) is 0 Å². The van der Waals surface area contributed by atoms with Crippen molar-refractivity contribution in [1.29, 1.82) is 0 Å². The lowest BCUT2D eigenvalue weighted by Gasteiger charge is -2.26. The van der Waals surface area contributed by atoms with Crippen molar-refractivity contribution in [1.82, 2.24) is 0 Å². The van der Waals surface area contributed by atoms with Crippen LogP contribution in [0.1, 0.15) is 31.2 Å². The Balaban J connectivity index is 1.93. The van der Waals surface area contributed by atoms with Gasteiger partial charge in [0.15, 0.2) is 0 Å². The molecule has 1 aliphatic rings. The molecular weight excluding hydrogens is 202 g/mol. The molecule has 2 unspecified atom stereocenters. The van der Waals surface area contributed by atoms with Crippen LogP contribution >= 0.6 is 11.8 Å². The Labute approximate surface area is 96.4 Å². The zero-order valence-corrected chi connectivity index (χ0v) is 10.1. The van der Waals surface area contributed by atoms with E-state index in [9.17, 15) is 0 Å². The quantitative estimate of drug-likeness (QED) is 0.828. The van der Waals surface area contributed by atoms with Crippen molar-refractivity contribution in [3.05, 3.63) is 29.8 Å². The van der Waals surface area contributed by atoms with E-state index >= 15 is 0 Å². The van der Waals surface area contributed by atoms with Crippen LogP contribution in [0.3, 0.4) is 0 Å². The van der Waals surface area contributed by atoms with Gasteiger partial charge in [0, 0.05) is 16.2 Å². The number of rotatable bonds is 2. The van der Waals surface area contributed by atoms with Gasteiger partial charge in [-0.3, -0.25) is 0 Å². The number of thioether (sulfide) groups is 1. The van der Waals surface area contributed by atoms with Crippen molar-refractivity contribution in [2.75, 3.05) is 0 Å². The first-order chi connectivity index (χ1) is 7.24. The maximum atomic E-state index is 5.99. The highest BCUT2D eigenvalue weighted by Crippen LogP contribution is 2.33. The van der Waals surface area contributed by atoms with Gasteiger partial charge < -0.3 is 5.73 Å². The molecule has 0 radical (unpaired) electrons. The predicted octanol–water partition coefficient (Wildman–Crippen LogP) is 3.36. The number of benzene rings is 1. The fourth-order valence-corrected chi connectivity index (χ4v) is 3.40. The summed E-state index contributed by atoms with van der Waals surface area (Å²) in [4.78, 5) is 1.39. The minimum Gasteiger partial charge on any atom is -0.328 e. The lowest BCUT2D eigenvalue weighted by molar-refractivity contribution is 0.451. The summed E-state index contributed by atoms with van der Waals surface area (Å²) in [5, 5.41) is 0.733. The molecule has 2 N–H and O–H groups in total. The largest absolute Gasteiger partial charge is 0.328 e. The van der Waals surface area contributed by atoms with Crippen LogP contribution in [0.4, 0.5) is 0 Å². The molecule has 2 rings (SSSR count). The van der Waals surface area contributed by atoms with Gasteiger partial charge in [-0.2, -0.15) is 0 Å². The lowest BCUT2D eigenvalue weighted by atomic mass is 9.96. The summed E-state index contributed by atoms with van der Waals surface area (Å²) in [5.41, 5.74) is 7.32. The number of hydrogen-bond donors (Lipinski definition) is 1. The van der Waals surface area contributed by atoms with Gasteiger partial charge in [-0.25, -0.2) is 0 Å². The summed E-state index contributed by atoms with van der Waals surface area (Å²) in [6.07, 6.45) is 5.01. The molecular formula is C13H19NS. The Bertz CT molecular complexity index is 307. The van der Waals surface area contributed by atoms with Crippen LogP contribution in [0.15, 0.2) is 29.2 Å². The molecule has 0 saturated heterocycles. The highest BCUT2D eigenvalue weighted by atomic mass is 32.2. The average Bonchev–Trinajstić information content (AvgIpc) is 2.22. The molecule has 0 aromatic heterocycles. The summed E-state index contributed by atoms with van der Waals surface area (Å²) < 4.78 is 0. The second-order valence-corrected chi connectivity index (χ2v) is 5.85. The first kappa shape index (κ1) is 11.0. The third kappa shape index (κ3) is 3.25. The van der Waals surface area contributed by atoms with E-state index < -0.39 is 0 Å². The normalized spacial score (nSPS) is 26.5. The van der Waals surface area contributed by atoms with Crippen LogP contribution in [0.5, 0.6) is 0 Å². The fourth-order valence-electron chi connectivity index (χ4n) is 2.10. The van der Waals surface area contributed by atoms with Gasteiger partial charge >= 0.3 is 0 Å². The summed E-state index contributed by atoms with van der Waals surface area (Å²) in [6.45, 7) is 2.13. The molecule has 1 saturated carbocycles. The minimum atomic E-state index is 0.432. The second-order valence-electron chi connectivity index (χ2n) is 4.48. The molecule has 1 fully saturated rings. The van der Waals surface area contributed by atoms with E-state index in [0.717, 1.165) is 5.25 Å². The van der Waals surface area contributed by atoms with Crippen LogP contribution in [-0.2, 0) is 0 Å². The lowest BCUT2D eigenvalue weighted by Crippen LogP contribution is -2.29. The zero-order chi connectivity index (χ0) is 10.7. The van der Waals surface area contributed by atoms with Gasteiger partial charge in [-0.15, -0.1) is 11.8 Å².